The molecule has 1 N–H and O–H groups in total. The molecule has 1 unspecified atom stereocenters. The van der Waals surface area contributed by atoms with E-state index in [1.54, 1.807) is 0 Å². The molecule has 2 fully saturated rings. The molecule has 0 radical (unpaired) electrons. The van der Waals surface area contributed by atoms with Gasteiger partial charge in [-0.25, -0.2) is 4.18 Å². The average molecular weight is 492 g/mol. The number of ketones is 1. The van der Waals surface area contributed by atoms with Gasteiger partial charge in [-0.1, -0.05) is 32.1 Å². The van der Waals surface area contributed by atoms with E-state index in [4.69, 9.17) is 13.0 Å². The van der Waals surface area contributed by atoms with E-state index in [9.17, 15) is 39.6 Å². The smallest absolute Gasteiger partial charge is 0.296 e. The zero-order valence-corrected chi connectivity index (χ0v) is 17.3. The second-order valence-corrected chi connectivity index (χ2v) is 10.2. The summed E-state index contributed by atoms with van der Waals surface area (Å²) < 4.78 is 123. The van der Waals surface area contributed by atoms with Gasteiger partial charge < -0.3 is 0 Å². The Hall–Kier alpha value is -0.930. The summed E-state index contributed by atoms with van der Waals surface area (Å²) in [6.45, 7) is 0. The molecule has 2 saturated carbocycles. The molecule has 0 aromatic rings. The average Bonchev–Trinajstić information content (AvgIpc) is 2.56. The van der Waals surface area contributed by atoms with Gasteiger partial charge in [0, 0.05) is 6.42 Å². The van der Waals surface area contributed by atoms with E-state index in [0.717, 1.165) is 32.1 Å². The van der Waals surface area contributed by atoms with Crippen LogP contribution in [-0.4, -0.2) is 43.8 Å². The van der Waals surface area contributed by atoms with Gasteiger partial charge in [0.1, 0.15) is 5.60 Å². The molecule has 7 nitrogen and oxygen atoms in total. The Morgan fingerprint density at radius 1 is 0.900 bits per heavy atom. The van der Waals surface area contributed by atoms with E-state index < -0.39 is 42.6 Å². The van der Waals surface area contributed by atoms with Crippen molar-refractivity contribution in [2.75, 3.05) is 0 Å². The van der Waals surface area contributed by atoms with Crippen molar-refractivity contribution in [1.29, 1.82) is 0 Å². The summed E-state index contributed by atoms with van der Waals surface area (Å²) in [4.78, 5) is 12.2. The second kappa shape index (κ2) is 9.69. The lowest BCUT2D eigenvalue weighted by Gasteiger charge is -2.38. The Morgan fingerprint density at radius 3 is 1.80 bits per heavy atom. The first-order valence-corrected chi connectivity index (χ1v) is 11.9. The van der Waals surface area contributed by atoms with Crippen molar-refractivity contribution in [3.8, 4) is 0 Å². The first-order valence-electron chi connectivity index (χ1n) is 9.00. The minimum Gasteiger partial charge on any atom is -0.296 e. The third kappa shape index (κ3) is 7.34. The summed E-state index contributed by atoms with van der Waals surface area (Å²) in [6, 6.07) is 0. The monoisotopic (exact) mass is 492 g/mol. The van der Waals surface area contributed by atoms with Crippen LogP contribution in [0.25, 0.3) is 0 Å². The van der Waals surface area contributed by atoms with Crippen LogP contribution in [0, 0.1) is 5.92 Å². The van der Waals surface area contributed by atoms with Crippen molar-refractivity contribution < 1.29 is 56.7 Å². The minimum absolute atomic E-state index is 0.0532. The fourth-order valence-electron chi connectivity index (χ4n) is 3.52. The zero-order valence-electron chi connectivity index (χ0n) is 15.6. The molecule has 0 aromatic heterocycles. The van der Waals surface area contributed by atoms with Crippen molar-refractivity contribution in [1.82, 2.24) is 0 Å². The summed E-state index contributed by atoms with van der Waals surface area (Å²) in [5.74, 6) is -0.448. The van der Waals surface area contributed by atoms with E-state index in [-0.39, 0.29) is 25.2 Å². The van der Waals surface area contributed by atoms with E-state index in [1.807, 2.05) is 0 Å². The fourth-order valence-corrected chi connectivity index (χ4v) is 4.28. The third-order valence-corrected chi connectivity index (χ3v) is 6.62. The number of alkyl halides is 6. The lowest BCUT2D eigenvalue weighted by Crippen LogP contribution is -2.49. The minimum atomic E-state index is -5.84. The molecule has 0 amide bonds. The number of rotatable bonds is 4. The van der Waals surface area contributed by atoms with Gasteiger partial charge in [0.15, 0.2) is 5.78 Å². The van der Waals surface area contributed by atoms with Gasteiger partial charge in [0.05, 0.1) is 0 Å². The molecule has 30 heavy (non-hydrogen) atoms. The first-order chi connectivity index (χ1) is 13.4. The van der Waals surface area contributed by atoms with Gasteiger partial charge >= 0.3 is 31.3 Å². The summed E-state index contributed by atoms with van der Waals surface area (Å²) in [5, 5.41) is 0. The first kappa shape index (κ1) is 27.1. The van der Waals surface area contributed by atoms with Crippen LogP contribution >= 0.6 is 0 Å². The van der Waals surface area contributed by atoms with Crippen LogP contribution < -0.4 is 0 Å². The number of Topliss-reactive ketones (excluding diaryl/α,β-unsaturated/α-hetero) is 1. The van der Waals surface area contributed by atoms with E-state index >= 15 is 0 Å². The topological polar surface area (TPSA) is 115 Å². The molecule has 2 aliphatic rings. The van der Waals surface area contributed by atoms with E-state index in [2.05, 4.69) is 4.18 Å². The Morgan fingerprint density at radius 2 is 1.40 bits per heavy atom. The van der Waals surface area contributed by atoms with Crippen LogP contribution in [0.15, 0.2) is 0 Å². The molecule has 0 spiro atoms. The Kier molecular flexibility index (Phi) is 8.76. The predicted molar refractivity (Wildman–Crippen MR) is 91.1 cm³/mol. The van der Waals surface area contributed by atoms with Crippen LogP contribution in [0.5, 0.6) is 0 Å². The van der Waals surface area contributed by atoms with Gasteiger partial charge in [0.25, 0.3) is 0 Å². The molecule has 2 rings (SSSR count). The van der Waals surface area contributed by atoms with Crippen LogP contribution in [0.3, 0.4) is 0 Å². The highest BCUT2D eigenvalue weighted by Gasteiger charge is 2.55. The number of hydrogen-bond acceptors (Lipinski definition) is 6. The summed E-state index contributed by atoms with van der Waals surface area (Å²) in [6.07, 6.45) is 5.90. The van der Waals surface area contributed by atoms with Gasteiger partial charge in [-0.15, -0.1) is 0 Å². The van der Waals surface area contributed by atoms with Crippen LogP contribution in [-0.2, 0) is 29.2 Å². The lowest BCUT2D eigenvalue weighted by molar-refractivity contribution is -0.141. The van der Waals surface area contributed by atoms with Gasteiger partial charge in [-0.2, -0.15) is 43.2 Å². The maximum absolute atomic E-state index is 12.6. The van der Waals surface area contributed by atoms with Gasteiger partial charge in [-0.3, -0.25) is 9.35 Å². The van der Waals surface area contributed by atoms with Crippen LogP contribution in [0.2, 0.25) is 0 Å². The number of halogens is 6. The summed E-state index contributed by atoms with van der Waals surface area (Å²) in [5.41, 5.74) is -12.8. The molecule has 2 aliphatic carbocycles. The molecule has 0 aliphatic heterocycles. The predicted octanol–water partition coefficient (Wildman–Crippen LogP) is 4.10. The fraction of sp³-hybridized carbons (Fsp3) is 0.933. The van der Waals surface area contributed by atoms with E-state index in [0.29, 0.717) is 12.8 Å². The normalized spacial score (nSPS) is 24.8. The molecular formula is C15H22F6O7S2. The molecule has 0 aromatic carbocycles. The van der Waals surface area contributed by atoms with Crippen molar-refractivity contribution in [3.63, 3.8) is 0 Å². The van der Waals surface area contributed by atoms with Crippen molar-refractivity contribution >= 4 is 26.0 Å². The molecule has 15 heteroatoms. The highest BCUT2D eigenvalue weighted by molar-refractivity contribution is 7.87. The highest BCUT2D eigenvalue weighted by atomic mass is 32.2. The van der Waals surface area contributed by atoms with Crippen molar-refractivity contribution in [3.05, 3.63) is 0 Å². The molecule has 0 bridgehead atoms. The number of carbonyl (C=O) groups is 1. The second-order valence-electron chi connectivity index (χ2n) is 7.24. The SMILES string of the molecule is O=C1CCCCC1(CC1CCCCC1)OS(=O)(=O)C(F)(F)F.O=S(=O)(O)C(F)(F)F. The highest BCUT2D eigenvalue weighted by Crippen LogP contribution is 2.42. The lowest BCUT2D eigenvalue weighted by atomic mass is 9.74. The molecular weight excluding hydrogens is 470 g/mol. The van der Waals surface area contributed by atoms with Crippen LogP contribution in [0.1, 0.15) is 64.2 Å². The molecule has 0 heterocycles. The largest absolute Gasteiger partial charge is 0.523 e. The zero-order chi connectivity index (χ0) is 23.4. The van der Waals surface area contributed by atoms with Crippen molar-refractivity contribution in [2.24, 2.45) is 5.92 Å². The summed E-state index contributed by atoms with van der Waals surface area (Å²) in [7, 11) is -11.6. The van der Waals surface area contributed by atoms with Gasteiger partial charge in [0.2, 0.25) is 0 Å². The van der Waals surface area contributed by atoms with Gasteiger partial charge in [-0.05, 0) is 31.6 Å². The quantitative estimate of drug-likeness (QED) is 0.272. The Bertz CT molecular complexity index is 798. The Labute approximate surface area is 170 Å². The standard InChI is InChI=1S/C14H21F3O4S.CHF3O3S/c15-14(16,17)22(19,20)21-13(9-5-4-8-12(13)18)10-11-6-2-1-3-7-11;2-1(3,4)8(5,6)7/h11H,1-10H2;(H,5,6,7). The number of carbonyl (C=O) groups excluding carboxylic acids is 1. The maximum Gasteiger partial charge on any atom is 0.523 e. The van der Waals surface area contributed by atoms with Crippen LogP contribution in [0.4, 0.5) is 26.3 Å². The van der Waals surface area contributed by atoms with E-state index in [1.165, 1.54) is 0 Å². The number of hydrogen-bond donors (Lipinski definition) is 1. The van der Waals surface area contributed by atoms with Crippen molar-refractivity contribution in [2.45, 2.75) is 80.8 Å². The maximum atomic E-state index is 12.6. The third-order valence-electron chi connectivity index (χ3n) is 4.93. The Balaban J connectivity index is 0.000000479. The molecule has 1 atom stereocenters. The molecule has 178 valence electrons. The molecule has 0 saturated heterocycles. The summed E-state index contributed by atoms with van der Waals surface area (Å²) >= 11 is 0.